The molecule has 4 heteroatoms. The van der Waals surface area contributed by atoms with Gasteiger partial charge in [0.2, 0.25) is 0 Å². The summed E-state index contributed by atoms with van der Waals surface area (Å²) in [5.74, 6) is 0.533. The van der Waals surface area contributed by atoms with Crippen molar-refractivity contribution in [2.45, 2.75) is 36.2 Å². The van der Waals surface area contributed by atoms with Crippen LogP contribution in [0.4, 0.5) is 0 Å². The van der Waals surface area contributed by atoms with Crippen molar-refractivity contribution < 1.29 is 5.11 Å². The second-order valence-corrected chi connectivity index (χ2v) is 8.95. The van der Waals surface area contributed by atoms with Gasteiger partial charge in [-0.2, -0.15) is 0 Å². The van der Waals surface area contributed by atoms with Crippen LogP contribution in [0.3, 0.4) is 0 Å². The number of piperidine rings is 1. The van der Waals surface area contributed by atoms with Gasteiger partial charge in [-0.05, 0) is 41.5 Å². The van der Waals surface area contributed by atoms with Gasteiger partial charge in [0.05, 0.1) is 5.60 Å². The van der Waals surface area contributed by atoms with E-state index < -0.39 is 5.60 Å². The molecular weight excluding hydrogens is 358 g/mol. The van der Waals surface area contributed by atoms with Gasteiger partial charge < -0.3 is 10.0 Å². The Bertz CT molecular complexity index is 1010. The molecule has 3 aliphatic rings. The lowest BCUT2D eigenvalue weighted by Gasteiger charge is -2.42. The third-order valence-corrected chi connectivity index (χ3v) is 7.53. The number of hydrogen-bond donors (Lipinski definition) is 1. The summed E-state index contributed by atoms with van der Waals surface area (Å²) >= 11 is 0. The molecule has 0 radical (unpaired) electrons. The third kappa shape index (κ3) is 2.46. The van der Waals surface area contributed by atoms with Crippen molar-refractivity contribution in [3.05, 3.63) is 95.1 Å². The molecule has 146 valence electrons. The van der Waals surface area contributed by atoms with Crippen molar-refractivity contribution in [2.24, 2.45) is 0 Å². The molecule has 3 aromatic rings. The molecule has 29 heavy (non-hydrogen) atoms. The molecule has 0 unspecified atom stereocenters. The smallest absolute Gasteiger partial charge is 0.115 e. The molecular formula is C25H25N3O. The molecule has 2 heterocycles. The summed E-state index contributed by atoms with van der Waals surface area (Å²) in [7, 11) is 0. The highest BCUT2D eigenvalue weighted by Crippen LogP contribution is 2.60. The molecule has 0 atom stereocenters. The van der Waals surface area contributed by atoms with Gasteiger partial charge in [-0.1, -0.05) is 48.5 Å². The molecule has 0 amide bonds. The van der Waals surface area contributed by atoms with E-state index in [0.29, 0.717) is 5.92 Å². The lowest BCUT2D eigenvalue weighted by Crippen LogP contribution is -2.47. The number of fused-ring (bicyclic) bond motifs is 8. The van der Waals surface area contributed by atoms with E-state index >= 15 is 0 Å². The minimum atomic E-state index is -0.806. The first-order chi connectivity index (χ1) is 14.2. The number of aliphatic hydroxyl groups is 1. The van der Waals surface area contributed by atoms with Crippen LogP contribution in [0.2, 0.25) is 0 Å². The summed E-state index contributed by atoms with van der Waals surface area (Å²) in [5, 5.41) is 11.2. The summed E-state index contributed by atoms with van der Waals surface area (Å²) in [6, 6.07) is 18.1. The minimum absolute atomic E-state index is 0.0865. The lowest BCUT2D eigenvalue weighted by atomic mass is 9.74. The zero-order valence-corrected chi connectivity index (χ0v) is 16.5. The van der Waals surface area contributed by atoms with Gasteiger partial charge in [-0.3, -0.25) is 0 Å². The monoisotopic (exact) mass is 383 g/mol. The Kier molecular flexibility index (Phi) is 3.71. The summed E-state index contributed by atoms with van der Waals surface area (Å²) in [6.45, 7) is 2.81. The van der Waals surface area contributed by atoms with Gasteiger partial charge in [-0.25, -0.2) is 9.97 Å². The average molecular weight is 383 g/mol. The van der Waals surface area contributed by atoms with Gasteiger partial charge in [0, 0.05) is 48.9 Å². The van der Waals surface area contributed by atoms with E-state index in [1.54, 1.807) is 12.4 Å². The van der Waals surface area contributed by atoms with E-state index in [4.69, 9.17) is 0 Å². The number of rotatable bonds is 3. The van der Waals surface area contributed by atoms with E-state index in [1.807, 2.05) is 0 Å². The van der Waals surface area contributed by atoms with Crippen LogP contribution in [0.15, 0.2) is 67.3 Å². The fourth-order valence-electron chi connectivity index (χ4n) is 6.10. The summed E-state index contributed by atoms with van der Waals surface area (Å²) in [5.41, 5.74) is 6.18. The second kappa shape index (κ2) is 6.22. The Morgan fingerprint density at radius 3 is 2.10 bits per heavy atom. The highest BCUT2D eigenvalue weighted by molar-refractivity contribution is 5.62. The quantitative estimate of drug-likeness (QED) is 0.751. The molecule has 0 saturated carbocycles. The lowest BCUT2D eigenvalue weighted by molar-refractivity contribution is -0.0294. The largest absolute Gasteiger partial charge is 0.385 e. The Morgan fingerprint density at radius 1 is 0.897 bits per heavy atom. The van der Waals surface area contributed by atoms with Crippen molar-refractivity contribution in [3.8, 4) is 0 Å². The van der Waals surface area contributed by atoms with Gasteiger partial charge in [0.15, 0.2) is 0 Å². The molecule has 0 spiro atoms. The van der Waals surface area contributed by atoms with Crippen LogP contribution >= 0.6 is 0 Å². The highest BCUT2D eigenvalue weighted by atomic mass is 16.3. The molecule has 2 bridgehead atoms. The normalized spacial score (nSPS) is 26.9. The van der Waals surface area contributed by atoms with Crippen molar-refractivity contribution >= 4 is 0 Å². The van der Waals surface area contributed by atoms with Crippen LogP contribution in [0.25, 0.3) is 0 Å². The predicted molar refractivity (Wildman–Crippen MR) is 112 cm³/mol. The van der Waals surface area contributed by atoms with Gasteiger partial charge in [0.1, 0.15) is 6.33 Å². The topological polar surface area (TPSA) is 49.3 Å². The minimum Gasteiger partial charge on any atom is -0.385 e. The number of hydrogen-bond acceptors (Lipinski definition) is 4. The maximum absolute atomic E-state index is 11.2. The molecule has 2 aromatic carbocycles. The van der Waals surface area contributed by atoms with Crippen LogP contribution in [-0.2, 0) is 11.0 Å². The van der Waals surface area contributed by atoms with Crippen molar-refractivity contribution in [1.82, 2.24) is 14.9 Å². The first kappa shape index (κ1) is 17.3. The Labute approximate surface area is 171 Å². The molecule has 1 aromatic heterocycles. The van der Waals surface area contributed by atoms with E-state index in [2.05, 4.69) is 63.4 Å². The molecule has 1 aliphatic heterocycles. The van der Waals surface area contributed by atoms with Crippen LogP contribution in [-0.4, -0.2) is 39.6 Å². The molecule has 1 N–H and O–H groups in total. The Balaban J connectivity index is 1.30. The summed E-state index contributed by atoms with van der Waals surface area (Å²) in [6.07, 6.45) is 7.66. The number of aromatic nitrogens is 2. The molecule has 2 aliphatic carbocycles. The van der Waals surface area contributed by atoms with E-state index in [0.717, 1.165) is 38.0 Å². The third-order valence-electron chi connectivity index (χ3n) is 7.53. The SMILES string of the molecule is OC1(c2cncnc2)CCN(CC23CC(c4ccccc42)c2ccccc23)CC1. The number of benzene rings is 2. The van der Waals surface area contributed by atoms with Crippen molar-refractivity contribution in [1.29, 1.82) is 0 Å². The first-order valence-corrected chi connectivity index (χ1v) is 10.6. The average Bonchev–Trinajstić information content (AvgIpc) is 3.29. The summed E-state index contributed by atoms with van der Waals surface area (Å²) < 4.78 is 0. The second-order valence-electron chi connectivity index (χ2n) is 8.95. The number of likely N-dealkylation sites (tertiary alicyclic amines) is 1. The first-order valence-electron chi connectivity index (χ1n) is 10.6. The molecule has 1 saturated heterocycles. The van der Waals surface area contributed by atoms with Gasteiger partial charge in [0.25, 0.3) is 0 Å². The van der Waals surface area contributed by atoms with E-state index in [1.165, 1.54) is 35.0 Å². The molecule has 6 rings (SSSR count). The maximum atomic E-state index is 11.2. The molecule has 4 nitrogen and oxygen atoms in total. The van der Waals surface area contributed by atoms with Crippen LogP contribution in [0.1, 0.15) is 53.0 Å². The van der Waals surface area contributed by atoms with Crippen molar-refractivity contribution in [2.75, 3.05) is 19.6 Å². The van der Waals surface area contributed by atoms with Crippen LogP contribution in [0, 0.1) is 0 Å². The fraction of sp³-hybridized carbons (Fsp3) is 0.360. The van der Waals surface area contributed by atoms with Crippen LogP contribution < -0.4 is 0 Å². The maximum Gasteiger partial charge on any atom is 0.115 e. The predicted octanol–water partition coefficient (Wildman–Crippen LogP) is 3.60. The zero-order valence-electron chi connectivity index (χ0n) is 16.5. The Hall–Kier alpha value is -2.56. The zero-order chi connectivity index (χ0) is 19.5. The number of nitrogens with zero attached hydrogens (tertiary/aromatic N) is 3. The Morgan fingerprint density at radius 2 is 1.48 bits per heavy atom. The fourth-order valence-corrected chi connectivity index (χ4v) is 6.10. The highest BCUT2D eigenvalue weighted by Gasteiger charge is 2.53. The van der Waals surface area contributed by atoms with Crippen LogP contribution in [0.5, 0.6) is 0 Å². The summed E-state index contributed by atoms with van der Waals surface area (Å²) in [4.78, 5) is 10.8. The van der Waals surface area contributed by atoms with Gasteiger partial charge in [-0.15, -0.1) is 0 Å². The van der Waals surface area contributed by atoms with Gasteiger partial charge >= 0.3 is 0 Å². The standard InChI is InChI=1S/C25H25N3O/c29-25(18-14-26-17-27-15-18)9-11-28(12-10-25)16-24-13-21(19-5-1-3-7-22(19)24)20-6-2-4-8-23(20)24/h1-8,14-15,17,21,29H,9-13,16H2. The van der Waals surface area contributed by atoms with E-state index in [9.17, 15) is 5.11 Å². The van der Waals surface area contributed by atoms with Crippen molar-refractivity contribution in [3.63, 3.8) is 0 Å². The molecule has 1 fully saturated rings. The van der Waals surface area contributed by atoms with E-state index in [-0.39, 0.29) is 5.41 Å².